The minimum atomic E-state index is -5.14. The third-order valence-corrected chi connectivity index (χ3v) is 11.8. The van der Waals surface area contributed by atoms with Crippen molar-refractivity contribution in [2.45, 2.75) is 9.79 Å². The average Bonchev–Trinajstić information content (AvgIpc) is 3.31. The number of benzene rings is 4. The number of nitrogens with one attached hydrogen (secondary N) is 4. The van der Waals surface area contributed by atoms with Crippen molar-refractivity contribution in [2.75, 3.05) is 76.6 Å². The molecule has 0 saturated carbocycles. The van der Waals surface area contributed by atoms with Crippen molar-refractivity contribution >= 4 is 67.0 Å². The second kappa shape index (κ2) is 23.4. The molecule has 0 bridgehead atoms. The molecule has 0 amide bonds. The summed E-state index contributed by atoms with van der Waals surface area (Å²) in [6.07, 6.45) is 2.42. The number of aromatic amines is 4. The molecule has 344 valence electrons. The van der Waals surface area contributed by atoms with Crippen molar-refractivity contribution < 1.29 is 104 Å². The fourth-order valence-corrected chi connectivity index (χ4v) is 8.25. The molecule has 8 rings (SSSR count). The molecule has 4 N–H and O–H groups in total. The van der Waals surface area contributed by atoms with E-state index >= 15 is 0 Å². The Morgan fingerprint density at radius 1 is 0.574 bits per heavy atom. The van der Waals surface area contributed by atoms with Gasteiger partial charge in [0.1, 0.15) is 43.1 Å². The summed E-state index contributed by atoms with van der Waals surface area (Å²) in [5.41, 5.74) is 1.42. The van der Waals surface area contributed by atoms with Crippen molar-refractivity contribution in [1.82, 2.24) is 29.9 Å². The van der Waals surface area contributed by atoms with Crippen LogP contribution in [-0.2, 0) is 29.7 Å². The number of nitrogens with zero attached hydrogens (tertiary/aromatic N) is 8. The normalized spacial score (nSPS) is 15.6. The Morgan fingerprint density at radius 2 is 0.956 bits per heavy atom. The molecule has 0 atom stereocenters. The van der Waals surface area contributed by atoms with Crippen molar-refractivity contribution in [3.8, 4) is 11.5 Å². The third-order valence-electron chi connectivity index (χ3n) is 10.0. The van der Waals surface area contributed by atoms with E-state index in [1.54, 1.807) is 48.5 Å². The molecule has 2 aliphatic heterocycles. The van der Waals surface area contributed by atoms with Gasteiger partial charge in [-0.3, -0.25) is 19.9 Å². The van der Waals surface area contributed by atoms with Gasteiger partial charge in [-0.05, 0) is 59.7 Å². The number of H-pyrrole nitrogens is 4. The molecule has 2 saturated heterocycles. The van der Waals surface area contributed by atoms with Crippen LogP contribution in [0, 0.1) is 0 Å². The Bertz CT molecular complexity index is 3090. The van der Waals surface area contributed by atoms with Crippen LogP contribution in [0.2, 0.25) is 0 Å². The SMILES string of the molecule is COc1ccccc1N=c1[nH]c(N2CCOCC2)nc(=Nc2ccc(/C=C/c3ccc(N=c4nc(N5CCOCC5)[nH]c(=Nc5ccccc5OC)[nH]4)cc3S(=O)(=O)[O-])c(S(=O)(=O)[O-])c2)[nH]1.[Na+].[Na+]. The van der Waals surface area contributed by atoms with Crippen LogP contribution in [0.25, 0.3) is 12.2 Å². The number of hydrogen-bond acceptors (Lipinski definition) is 18. The second-order valence-electron chi connectivity index (χ2n) is 14.4. The summed E-state index contributed by atoms with van der Waals surface area (Å²) < 4.78 is 98.0. The second-order valence-corrected chi connectivity index (χ2v) is 17.1. The summed E-state index contributed by atoms with van der Waals surface area (Å²) in [6.45, 7) is 3.94. The fraction of sp³-hybridized carbons (Fsp3) is 0.238. The molecule has 0 aliphatic carbocycles. The van der Waals surface area contributed by atoms with Crippen LogP contribution in [0.4, 0.5) is 34.6 Å². The van der Waals surface area contributed by atoms with Crippen molar-refractivity contribution in [3.63, 3.8) is 0 Å². The molecule has 0 radical (unpaired) electrons. The smallest absolute Gasteiger partial charge is 0.744 e. The first kappa shape index (κ1) is 52.2. The number of hydrogen-bond donors (Lipinski definition) is 4. The van der Waals surface area contributed by atoms with Crippen LogP contribution in [0.1, 0.15) is 11.1 Å². The maximum atomic E-state index is 12.7. The molecule has 4 heterocycles. The maximum Gasteiger partial charge on any atom is 1.00 e. The molecule has 26 heteroatoms. The summed E-state index contributed by atoms with van der Waals surface area (Å²) in [6, 6.07) is 21.9. The standard InChI is InChI=1S/C42H44N12O10S2.2Na/c1-61-33-9-5-3-7-31(33)45-39-47-37(49-41(51-39)53-17-21-63-22-18-53)43-29-15-13-27(35(25-29)65(55,56)57)11-12-28-14-16-30(26-36(28)66(58,59)60)44-38-48-40(46-32-8-4-6-10-34(32)62-2)52-42(50-38)54-19-23-64-24-20-54;;/h3-16,25-26H,17-24H2,1-2H3,(H,55,56,57)(H,58,59,60)(H2,43,45,47,49,51)(H2,44,46,48,50,52);;/q;2*+1/p-2/b12-11+;;. The van der Waals surface area contributed by atoms with Gasteiger partial charge in [-0.15, -0.1) is 0 Å². The number of methoxy groups -OCH3 is 2. The average molecular weight is 985 g/mol. The maximum absolute atomic E-state index is 12.7. The van der Waals surface area contributed by atoms with Gasteiger partial charge in [-0.1, -0.05) is 48.6 Å². The monoisotopic (exact) mass is 984 g/mol. The molecular formula is C42H42N12Na2O10S2. The van der Waals surface area contributed by atoms with Gasteiger partial charge in [-0.25, -0.2) is 36.8 Å². The summed E-state index contributed by atoms with van der Waals surface area (Å²) in [4.78, 5) is 42.3. The van der Waals surface area contributed by atoms with Gasteiger partial charge in [0, 0.05) is 26.2 Å². The van der Waals surface area contributed by atoms with E-state index in [1.807, 2.05) is 9.80 Å². The van der Waals surface area contributed by atoms with E-state index in [1.165, 1.54) is 50.6 Å². The van der Waals surface area contributed by atoms with Gasteiger partial charge in [0.05, 0.1) is 61.8 Å². The van der Waals surface area contributed by atoms with Crippen LogP contribution >= 0.6 is 0 Å². The Hall–Kier alpha value is -5.22. The summed E-state index contributed by atoms with van der Waals surface area (Å²) in [5.74, 6) is 1.83. The van der Waals surface area contributed by atoms with Crippen molar-refractivity contribution in [2.24, 2.45) is 20.0 Å². The van der Waals surface area contributed by atoms with Crippen LogP contribution in [0.5, 0.6) is 11.5 Å². The van der Waals surface area contributed by atoms with Crippen molar-refractivity contribution in [3.05, 3.63) is 119 Å². The predicted molar refractivity (Wildman–Crippen MR) is 237 cm³/mol. The zero-order valence-electron chi connectivity index (χ0n) is 37.4. The summed E-state index contributed by atoms with van der Waals surface area (Å²) in [5, 5.41) is 0. The molecule has 68 heavy (non-hydrogen) atoms. The van der Waals surface area contributed by atoms with Gasteiger partial charge in [-0.2, -0.15) is 9.97 Å². The zero-order valence-corrected chi connectivity index (χ0v) is 43.0. The Morgan fingerprint density at radius 3 is 1.32 bits per heavy atom. The Balaban J connectivity index is 0.00000381. The van der Waals surface area contributed by atoms with E-state index in [0.29, 0.717) is 87.4 Å². The molecule has 0 unspecified atom stereocenters. The molecule has 2 fully saturated rings. The first-order valence-corrected chi connectivity index (χ1v) is 23.0. The Labute approximate surface area is 433 Å². The topological polar surface area (TPSA) is 296 Å². The quantitative estimate of drug-likeness (QED) is 0.0524. The minimum absolute atomic E-state index is 0. The molecular weight excluding hydrogens is 943 g/mol. The van der Waals surface area contributed by atoms with Gasteiger partial charge in [0.25, 0.3) is 0 Å². The first-order chi connectivity index (χ1) is 31.8. The van der Waals surface area contributed by atoms with Crippen LogP contribution in [-0.4, -0.2) is 123 Å². The molecule has 6 aromatic rings. The van der Waals surface area contributed by atoms with Gasteiger partial charge >= 0.3 is 59.1 Å². The van der Waals surface area contributed by atoms with Crippen LogP contribution in [0.3, 0.4) is 0 Å². The number of morpholine rings is 2. The number of ether oxygens (including phenoxy) is 4. The van der Waals surface area contributed by atoms with E-state index in [2.05, 4.69) is 49.9 Å². The molecule has 4 aromatic carbocycles. The van der Waals surface area contributed by atoms with Crippen LogP contribution < -0.4 is 101 Å². The number of para-hydroxylation sites is 4. The molecule has 0 spiro atoms. The predicted octanol–water partition coefficient (Wildman–Crippen LogP) is -3.60. The van der Waals surface area contributed by atoms with E-state index < -0.39 is 30.0 Å². The summed E-state index contributed by atoms with van der Waals surface area (Å²) in [7, 11) is -7.24. The van der Waals surface area contributed by atoms with E-state index in [4.69, 9.17) is 18.9 Å². The molecule has 2 aromatic heterocycles. The van der Waals surface area contributed by atoms with Crippen LogP contribution in [0.15, 0.2) is 115 Å². The largest absolute Gasteiger partial charge is 1.00 e. The minimum Gasteiger partial charge on any atom is -0.744 e. The van der Waals surface area contributed by atoms with E-state index in [0.717, 1.165) is 12.1 Å². The van der Waals surface area contributed by atoms with Crippen molar-refractivity contribution in [1.29, 1.82) is 0 Å². The van der Waals surface area contributed by atoms with Gasteiger partial charge in [0.15, 0.2) is 0 Å². The van der Waals surface area contributed by atoms with Gasteiger partial charge in [0.2, 0.25) is 34.4 Å². The third kappa shape index (κ3) is 13.3. The zero-order chi connectivity index (χ0) is 46.3. The number of anilines is 2. The number of rotatable bonds is 12. The molecule has 22 nitrogen and oxygen atoms in total. The van der Waals surface area contributed by atoms with Gasteiger partial charge < -0.3 is 37.9 Å². The fourth-order valence-electron chi connectivity index (χ4n) is 6.87. The number of aromatic nitrogens is 6. The first-order valence-electron chi connectivity index (χ1n) is 20.2. The Kier molecular flexibility index (Phi) is 17.9. The summed E-state index contributed by atoms with van der Waals surface area (Å²) >= 11 is 0. The van der Waals surface area contributed by atoms with E-state index in [-0.39, 0.29) is 104 Å². The van der Waals surface area contributed by atoms with E-state index in [9.17, 15) is 25.9 Å². The molecule has 2 aliphatic rings.